The van der Waals surface area contributed by atoms with Crippen molar-refractivity contribution in [3.63, 3.8) is 0 Å². The van der Waals surface area contributed by atoms with E-state index in [4.69, 9.17) is 9.47 Å². The van der Waals surface area contributed by atoms with E-state index in [9.17, 15) is 14.0 Å². The van der Waals surface area contributed by atoms with E-state index in [1.54, 1.807) is 37.3 Å². The van der Waals surface area contributed by atoms with E-state index >= 15 is 0 Å². The molecule has 2 amide bonds. The molecule has 0 radical (unpaired) electrons. The van der Waals surface area contributed by atoms with Crippen molar-refractivity contribution in [2.45, 2.75) is 26.9 Å². The van der Waals surface area contributed by atoms with E-state index in [1.807, 2.05) is 13.8 Å². The maximum Gasteiger partial charge on any atom is 0.251 e. The van der Waals surface area contributed by atoms with Crippen LogP contribution in [0.3, 0.4) is 0 Å². The molecule has 0 heterocycles. The summed E-state index contributed by atoms with van der Waals surface area (Å²) in [5.41, 5.74) is 1.13. The topological polar surface area (TPSA) is 76.7 Å². The van der Waals surface area contributed by atoms with Gasteiger partial charge in [-0.1, -0.05) is 6.07 Å². The van der Waals surface area contributed by atoms with Crippen LogP contribution in [0.2, 0.25) is 0 Å². The van der Waals surface area contributed by atoms with Crippen molar-refractivity contribution in [1.82, 2.24) is 10.6 Å². The third kappa shape index (κ3) is 5.70. The molecule has 2 N–H and O–H groups in total. The average Bonchev–Trinajstić information content (AvgIpc) is 2.66. The zero-order valence-electron chi connectivity index (χ0n) is 16.5. The Labute approximate surface area is 164 Å². The molecule has 0 unspecified atom stereocenters. The number of amides is 2. The summed E-state index contributed by atoms with van der Waals surface area (Å²) in [6.45, 7) is 5.87. The first-order valence-corrected chi connectivity index (χ1v) is 8.99. The molecule has 0 fully saturated rings. The molecule has 2 rings (SSSR count). The molecule has 0 aliphatic rings. The van der Waals surface area contributed by atoms with Gasteiger partial charge >= 0.3 is 0 Å². The van der Waals surface area contributed by atoms with Gasteiger partial charge in [-0.2, -0.15) is 0 Å². The van der Waals surface area contributed by atoms with Crippen molar-refractivity contribution in [2.24, 2.45) is 0 Å². The van der Waals surface area contributed by atoms with Crippen LogP contribution in [-0.2, 0) is 0 Å². The second-order valence-electron chi connectivity index (χ2n) is 6.51. The van der Waals surface area contributed by atoms with Gasteiger partial charge in [0.1, 0.15) is 5.82 Å². The van der Waals surface area contributed by atoms with E-state index < -0.39 is 11.7 Å². The highest BCUT2D eigenvalue weighted by molar-refractivity contribution is 5.95. The smallest absolute Gasteiger partial charge is 0.251 e. The summed E-state index contributed by atoms with van der Waals surface area (Å²) in [5, 5.41) is 5.35. The van der Waals surface area contributed by atoms with E-state index in [0.29, 0.717) is 22.6 Å². The van der Waals surface area contributed by atoms with E-state index in [1.165, 1.54) is 13.2 Å². The summed E-state index contributed by atoms with van der Waals surface area (Å²) in [4.78, 5) is 24.3. The highest BCUT2D eigenvalue weighted by Crippen LogP contribution is 2.28. The van der Waals surface area contributed by atoms with Crippen molar-refractivity contribution < 1.29 is 23.5 Å². The predicted molar refractivity (Wildman–Crippen MR) is 105 cm³/mol. The minimum absolute atomic E-state index is 0.0146. The third-order valence-corrected chi connectivity index (χ3v) is 3.92. The van der Waals surface area contributed by atoms with Crippen LogP contribution in [0.4, 0.5) is 4.39 Å². The molecule has 0 bridgehead atoms. The Hall–Kier alpha value is -3.09. The fourth-order valence-corrected chi connectivity index (χ4v) is 2.45. The zero-order chi connectivity index (χ0) is 20.7. The van der Waals surface area contributed by atoms with Crippen LogP contribution >= 0.6 is 0 Å². The molecule has 0 aromatic heterocycles. The van der Waals surface area contributed by atoms with Gasteiger partial charge < -0.3 is 20.1 Å². The number of hydrogen-bond donors (Lipinski definition) is 2. The Kier molecular flexibility index (Phi) is 7.37. The number of nitrogens with one attached hydrogen (secondary N) is 2. The van der Waals surface area contributed by atoms with Crippen molar-refractivity contribution >= 4 is 11.8 Å². The number of halogens is 1. The Balaban J connectivity index is 1.86. The predicted octanol–water partition coefficient (Wildman–Crippen LogP) is 3.09. The fraction of sp³-hybridized carbons (Fsp3) is 0.333. The van der Waals surface area contributed by atoms with Crippen LogP contribution in [0, 0.1) is 12.7 Å². The first kappa shape index (κ1) is 21.2. The summed E-state index contributed by atoms with van der Waals surface area (Å²) < 4.78 is 24.4. The van der Waals surface area contributed by atoms with Gasteiger partial charge in [-0.15, -0.1) is 0 Å². The van der Waals surface area contributed by atoms with E-state index in [0.717, 1.165) is 0 Å². The van der Waals surface area contributed by atoms with Crippen LogP contribution in [0.25, 0.3) is 0 Å². The Morgan fingerprint density at radius 3 is 2.07 bits per heavy atom. The lowest BCUT2D eigenvalue weighted by Gasteiger charge is -2.14. The number of methoxy groups -OCH3 is 1. The van der Waals surface area contributed by atoms with Gasteiger partial charge in [0.05, 0.1) is 13.2 Å². The van der Waals surface area contributed by atoms with Crippen LogP contribution in [0.1, 0.15) is 40.1 Å². The van der Waals surface area contributed by atoms with Crippen LogP contribution in [0.5, 0.6) is 11.5 Å². The van der Waals surface area contributed by atoms with E-state index in [-0.39, 0.29) is 30.7 Å². The third-order valence-electron chi connectivity index (χ3n) is 3.92. The molecule has 0 aliphatic carbocycles. The number of ether oxygens (including phenoxy) is 2. The molecule has 2 aromatic carbocycles. The maximum atomic E-state index is 13.5. The Morgan fingerprint density at radius 1 is 0.964 bits per heavy atom. The van der Waals surface area contributed by atoms with Crippen molar-refractivity contribution in [3.8, 4) is 11.5 Å². The highest BCUT2D eigenvalue weighted by Gasteiger charge is 2.12. The molecular formula is C21H25FN2O4. The minimum Gasteiger partial charge on any atom is -0.493 e. The minimum atomic E-state index is -0.431. The van der Waals surface area contributed by atoms with E-state index in [2.05, 4.69) is 10.6 Å². The fourth-order valence-electron chi connectivity index (χ4n) is 2.45. The van der Waals surface area contributed by atoms with Gasteiger partial charge in [-0.25, -0.2) is 4.39 Å². The molecule has 2 aromatic rings. The molecule has 0 saturated heterocycles. The lowest BCUT2D eigenvalue weighted by Crippen LogP contribution is -2.34. The van der Waals surface area contributed by atoms with Gasteiger partial charge in [0, 0.05) is 24.2 Å². The summed E-state index contributed by atoms with van der Waals surface area (Å²) in [5.74, 6) is -0.0995. The van der Waals surface area contributed by atoms with Gasteiger partial charge in [0.15, 0.2) is 11.5 Å². The zero-order valence-corrected chi connectivity index (χ0v) is 16.5. The molecular weight excluding hydrogens is 363 g/mol. The number of rotatable bonds is 8. The van der Waals surface area contributed by atoms with Gasteiger partial charge in [0.25, 0.3) is 11.8 Å². The lowest BCUT2D eigenvalue weighted by molar-refractivity contribution is 0.0927. The number of benzene rings is 2. The Morgan fingerprint density at radius 2 is 1.54 bits per heavy atom. The lowest BCUT2D eigenvalue weighted by atomic mass is 10.1. The molecule has 0 aliphatic heterocycles. The number of aryl methyl sites for hydroxylation is 1. The van der Waals surface area contributed by atoms with Gasteiger partial charge in [0.2, 0.25) is 0 Å². The second-order valence-corrected chi connectivity index (χ2v) is 6.51. The van der Waals surface area contributed by atoms with Gasteiger partial charge in [-0.05, 0) is 56.7 Å². The van der Waals surface area contributed by atoms with Crippen molar-refractivity contribution in [3.05, 3.63) is 58.9 Å². The van der Waals surface area contributed by atoms with Crippen LogP contribution < -0.4 is 20.1 Å². The van der Waals surface area contributed by atoms with Crippen LogP contribution in [0.15, 0.2) is 36.4 Å². The molecule has 6 nitrogen and oxygen atoms in total. The highest BCUT2D eigenvalue weighted by atomic mass is 19.1. The monoisotopic (exact) mass is 388 g/mol. The molecule has 7 heteroatoms. The molecule has 150 valence electrons. The largest absolute Gasteiger partial charge is 0.493 e. The molecule has 0 spiro atoms. The summed E-state index contributed by atoms with van der Waals surface area (Å²) in [6.07, 6.45) is -0.0146. The standard InChI is InChI=1S/C21H25FN2O4/c1-13(2)28-18-8-7-16(12-19(18)27-4)21(26)24-10-9-23-20(25)15-6-5-14(3)17(22)11-15/h5-8,11-13H,9-10H2,1-4H3,(H,23,25)(H,24,26). The first-order valence-electron chi connectivity index (χ1n) is 8.99. The number of carbonyl (C=O) groups excluding carboxylic acids is 2. The summed E-state index contributed by atoms with van der Waals surface area (Å²) in [7, 11) is 1.51. The quantitative estimate of drug-likeness (QED) is 0.682. The molecule has 0 saturated carbocycles. The maximum absolute atomic E-state index is 13.5. The summed E-state index contributed by atoms with van der Waals surface area (Å²) >= 11 is 0. The second kappa shape index (κ2) is 9.73. The average molecular weight is 388 g/mol. The SMILES string of the molecule is COc1cc(C(=O)NCCNC(=O)c2ccc(C)c(F)c2)ccc1OC(C)C. The van der Waals surface area contributed by atoms with Crippen LogP contribution in [-0.4, -0.2) is 38.1 Å². The van der Waals surface area contributed by atoms with Crippen molar-refractivity contribution in [1.29, 1.82) is 0 Å². The number of carbonyl (C=O) groups is 2. The molecule has 28 heavy (non-hydrogen) atoms. The number of hydrogen-bond acceptors (Lipinski definition) is 4. The van der Waals surface area contributed by atoms with Crippen molar-refractivity contribution in [2.75, 3.05) is 20.2 Å². The van der Waals surface area contributed by atoms with Gasteiger partial charge in [-0.3, -0.25) is 9.59 Å². The Bertz CT molecular complexity index is 852. The first-order chi connectivity index (χ1) is 13.3. The molecule has 0 atom stereocenters. The summed E-state index contributed by atoms with van der Waals surface area (Å²) in [6, 6.07) is 9.22. The normalized spacial score (nSPS) is 10.5.